The number of esters is 1. The molecule has 3 heterocycles. The van der Waals surface area contributed by atoms with Crippen molar-refractivity contribution >= 4 is 29.6 Å². The number of ether oxygens (including phenoxy) is 1. The lowest BCUT2D eigenvalue weighted by Crippen LogP contribution is -2.28. The molecule has 0 aromatic carbocycles. The average Bonchev–Trinajstić information content (AvgIpc) is 2.99. The molecular weight excluding hydrogens is 368 g/mol. The van der Waals surface area contributed by atoms with E-state index < -0.39 is 0 Å². The third-order valence-corrected chi connectivity index (χ3v) is 4.94. The highest BCUT2D eigenvalue weighted by atomic mass is 32.2. The van der Waals surface area contributed by atoms with Crippen LogP contribution in [-0.4, -0.2) is 75.7 Å². The molecule has 0 bridgehead atoms. The summed E-state index contributed by atoms with van der Waals surface area (Å²) in [4.78, 5) is 33.2. The minimum Gasteiger partial charge on any atom is -0.468 e. The van der Waals surface area contributed by atoms with Gasteiger partial charge in [-0.2, -0.15) is 19.6 Å². The predicted molar refractivity (Wildman–Crippen MR) is 102 cm³/mol. The first-order chi connectivity index (χ1) is 13.1. The largest absolute Gasteiger partial charge is 0.468 e. The molecule has 3 rings (SSSR count). The average molecular weight is 392 g/mol. The third-order valence-electron chi connectivity index (χ3n) is 4.11. The second-order valence-electron chi connectivity index (χ2n) is 6.37. The summed E-state index contributed by atoms with van der Waals surface area (Å²) in [6, 6.07) is 0. The van der Waals surface area contributed by atoms with Gasteiger partial charge in [-0.1, -0.05) is 24.6 Å². The summed E-state index contributed by atoms with van der Waals surface area (Å²) in [6.45, 7) is 1.88. The molecule has 11 heteroatoms. The summed E-state index contributed by atoms with van der Waals surface area (Å²) in [5.74, 6) is 1.46. The van der Waals surface area contributed by atoms with E-state index in [0.717, 1.165) is 25.9 Å². The molecule has 0 aliphatic carbocycles. The zero-order chi connectivity index (χ0) is 19.2. The molecule has 0 amide bonds. The van der Waals surface area contributed by atoms with Crippen molar-refractivity contribution in [2.45, 2.75) is 30.8 Å². The van der Waals surface area contributed by atoms with Gasteiger partial charge in [0.05, 0.1) is 12.9 Å². The quantitative estimate of drug-likeness (QED) is 0.525. The number of methoxy groups -OCH3 is 1. The van der Waals surface area contributed by atoms with Gasteiger partial charge in [0, 0.05) is 27.2 Å². The van der Waals surface area contributed by atoms with E-state index in [-0.39, 0.29) is 11.7 Å². The Hall–Kier alpha value is -2.43. The van der Waals surface area contributed by atoms with Gasteiger partial charge in [0.25, 0.3) is 5.95 Å². The second kappa shape index (κ2) is 8.98. The Morgan fingerprint density at radius 2 is 1.85 bits per heavy atom. The van der Waals surface area contributed by atoms with Gasteiger partial charge in [0.1, 0.15) is 6.33 Å². The van der Waals surface area contributed by atoms with Gasteiger partial charge < -0.3 is 14.5 Å². The van der Waals surface area contributed by atoms with Crippen molar-refractivity contribution in [3.63, 3.8) is 0 Å². The van der Waals surface area contributed by atoms with Gasteiger partial charge in [-0.15, -0.1) is 5.10 Å². The van der Waals surface area contributed by atoms with Crippen LogP contribution in [0.4, 0.5) is 11.9 Å². The van der Waals surface area contributed by atoms with Crippen LogP contribution in [0.5, 0.6) is 0 Å². The number of rotatable bonds is 6. The smallest absolute Gasteiger partial charge is 0.316 e. The SMILES string of the molecule is COC(=O)CSc1ncn(-c2nc(N(C)C)nc(N3CCCCCC3)n2)n1. The molecule has 0 spiro atoms. The lowest BCUT2D eigenvalue weighted by molar-refractivity contribution is -0.137. The zero-order valence-electron chi connectivity index (χ0n) is 15.8. The van der Waals surface area contributed by atoms with Crippen LogP contribution in [0.2, 0.25) is 0 Å². The van der Waals surface area contributed by atoms with Crippen LogP contribution in [0.1, 0.15) is 25.7 Å². The Labute approximate surface area is 162 Å². The first-order valence-electron chi connectivity index (χ1n) is 8.87. The van der Waals surface area contributed by atoms with Crippen molar-refractivity contribution in [2.24, 2.45) is 0 Å². The van der Waals surface area contributed by atoms with Gasteiger partial charge in [-0.05, 0) is 12.8 Å². The fourth-order valence-corrected chi connectivity index (χ4v) is 3.28. The van der Waals surface area contributed by atoms with Crippen LogP contribution in [0.3, 0.4) is 0 Å². The van der Waals surface area contributed by atoms with E-state index in [1.165, 1.54) is 36.4 Å². The van der Waals surface area contributed by atoms with Crippen LogP contribution in [-0.2, 0) is 9.53 Å². The number of carbonyl (C=O) groups is 1. The normalized spacial score (nSPS) is 14.7. The fraction of sp³-hybridized carbons (Fsp3) is 0.625. The first kappa shape index (κ1) is 19.3. The topological polar surface area (TPSA) is 102 Å². The van der Waals surface area contributed by atoms with Crippen LogP contribution in [0.15, 0.2) is 11.5 Å². The molecule has 1 aliphatic rings. The molecule has 0 atom stereocenters. The van der Waals surface area contributed by atoms with E-state index in [0.29, 0.717) is 23.0 Å². The van der Waals surface area contributed by atoms with E-state index >= 15 is 0 Å². The fourth-order valence-electron chi connectivity index (χ4n) is 2.65. The van der Waals surface area contributed by atoms with Crippen LogP contribution < -0.4 is 9.80 Å². The number of hydrogen-bond donors (Lipinski definition) is 0. The molecule has 1 fully saturated rings. The minimum atomic E-state index is -0.324. The minimum absolute atomic E-state index is 0.152. The zero-order valence-corrected chi connectivity index (χ0v) is 16.6. The molecule has 1 saturated heterocycles. The summed E-state index contributed by atoms with van der Waals surface area (Å²) in [6.07, 6.45) is 6.28. The number of hydrogen-bond acceptors (Lipinski definition) is 10. The highest BCUT2D eigenvalue weighted by molar-refractivity contribution is 7.99. The van der Waals surface area contributed by atoms with E-state index in [4.69, 9.17) is 0 Å². The standard InChI is InChI=1S/C16H24N8O2S/c1-22(2)13-18-14(23-8-6-4-5-7-9-23)20-15(19-13)24-11-17-16(21-24)27-10-12(25)26-3/h11H,4-10H2,1-3H3. The maximum absolute atomic E-state index is 11.3. The van der Waals surface area contributed by atoms with E-state index in [9.17, 15) is 4.79 Å². The molecule has 0 radical (unpaired) electrons. The summed E-state index contributed by atoms with van der Waals surface area (Å²) >= 11 is 1.20. The molecule has 146 valence electrons. The number of aromatic nitrogens is 6. The lowest BCUT2D eigenvalue weighted by atomic mass is 10.2. The van der Waals surface area contributed by atoms with Crippen molar-refractivity contribution in [2.75, 3.05) is 49.8 Å². The third kappa shape index (κ3) is 5.06. The Balaban J connectivity index is 1.85. The van der Waals surface area contributed by atoms with Crippen molar-refractivity contribution in [1.82, 2.24) is 29.7 Å². The van der Waals surface area contributed by atoms with Gasteiger partial charge in [-0.3, -0.25) is 4.79 Å². The van der Waals surface area contributed by atoms with Crippen molar-refractivity contribution in [3.05, 3.63) is 6.33 Å². The molecule has 1 aliphatic heterocycles. The van der Waals surface area contributed by atoms with Crippen molar-refractivity contribution in [3.8, 4) is 5.95 Å². The molecule has 0 N–H and O–H groups in total. The molecule has 2 aromatic heterocycles. The maximum Gasteiger partial charge on any atom is 0.316 e. The number of thioether (sulfide) groups is 1. The molecule has 0 unspecified atom stereocenters. The number of anilines is 2. The van der Waals surface area contributed by atoms with Crippen LogP contribution in [0, 0.1) is 0 Å². The monoisotopic (exact) mass is 392 g/mol. The second-order valence-corrected chi connectivity index (χ2v) is 7.31. The van der Waals surface area contributed by atoms with E-state index in [1.54, 1.807) is 6.33 Å². The Bertz CT molecular complexity index is 774. The van der Waals surface area contributed by atoms with Gasteiger partial charge >= 0.3 is 5.97 Å². The Morgan fingerprint density at radius 3 is 2.52 bits per heavy atom. The number of nitrogens with zero attached hydrogens (tertiary/aromatic N) is 8. The van der Waals surface area contributed by atoms with Gasteiger partial charge in [0.15, 0.2) is 0 Å². The predicted octanol–water partition coefficient (Wildman–Crippen LogP) is 1.16. The first-order valence-corrected chi connectivity index (χ1v) is 9.85. The summed E-state index contributed by atoms with van der Waals surface area (Å²) < 4.78 is 6.14. The van der Waals surface area contributed by atoms with Gasteiger partial charge in [-0.25, -0.2) is 4.98 Å². The Kier molecular flexibility index (Phi) is 6.43. The summed E-state index contributed by atoms with van der Waals surface area (Å²) in [5.41, 5.74) is 0. The molecule has 27 heavy (non-hydrogen) atoms. The molecule has 0 saturated carbocycles. The Morgan fingerprint density at radius 1 is 1.15 bits per heavy atom. The number of carbonyl (C=O) groups excluding carboxylic acids is 1. The summed E-state index contributed by atoms with van der Waals surface area (Å²) in [7, 11) is 5.14. The lowest BCUT2D eigenvalue weighted by Gasteiger charge is -2.22. The summed E-state index contributed by atoms with van der Waals surface area (Å²) in [5, 5.41) is 4.82. The van der Waals surface area contributed by atoms with E-state index in [1.807, 2.05) is 19.0 Å². The molecule has 2 aromatic rings. The van der Waals surface area contributed by atoms with Crippen LogP contribution in [0.25, 0.3) is 5.95 Å². The van der Waals surface area contributed by atoms with Crippen molar-refractivity contribution in [1.29, 1.82) is 0 Å². The molecular formula is C16H24N8O2S. The van der Waals surface area contributed by atoms with E-state index in [2.05, 4.69) is 34.7 Å². The van der Waals surface area contributed by atoms with Crippen LogP contribution >= 0.6 is 11.8 Å². The maximum atomic E-state index is 11.3. The highest BCUT2D eigenvalue weighted by Gasteiger charge is 2.18. The van der Waals surface area contributed by atoms with Gasteiger partial charge in [0.2, 0.25) is 17.1 Å². The van der Waals surface area contributed by atoms with Crippen molar-refractivity contribution < 1.29 is 9.53 Å². The molecule has 10 nitrogen and oxygen atoms in total. The highest BCUT2D eigenvalue weighted by Crippen LogP contribution is 2.19.